The number of nitrogens with one attached hydrogen (secondary N) is 1. The van der Waals surface area contributed by atoms with Crippen molar-refractivity contribution in [2.24, 2.45) is 0 Å². The molecule has 7 heteroatoms. The Morgan fingerprint density at radius 3 is 2.78 bits per heavy atom. The molecular weight excluding hydrogens is 294 g/mol. The number of aromatic nitrogens is 4. The van der Waals surface area contributed by atoms with E-state index in [1.807, 2.05) is 37.3 Å². The highest BCUT2D eigenvalue weighted by Gasteiger charge is 2.13. The Labute approximate surface area is 134 Å². The Balaban J connectivity index is 1.73. The zero-order valence-corrected chi connectivity index (χ0v) is 13.0. The van der Waals surface area contributed by atoms with Crippen LogP contribution in [0.3, 0.4) is 0 Å². The van der Waals surface area contributed by atoms with Gasteiger partial charge in [0.1, 0.15) is 5.76 Å². The molecule has 0 saturated heterocycles. The van der Waals surface area contributed by atoms with Crippen LogP contribution in [0.15, 0.2) is 46.9 Å². The zero-order valence-electron chi connectivity index (χ0n) is 13.0. The van der Waals surface area contributed by atoms with E-state index in [1.54, 1.807) is 0 Å². The van der Waals surface area contributed by atoms with E-state index in [9.17, 15) is 0 Å². The summed E-state index contributed by atoms with van der Waals surface area (Å²) in [4.78, 5) is 2.22. The molecule has 3 aromatic rings. The Bertz CT molecular complexity index is 696. The number of tetrazole rings is 1. The van der Waals surface area contributed by atoms with Crippen LogP contribution >= 0.6 is 0 Å². The van der Waals surface area contributed by atoms with Crippen LogP contribution in [-0.4, -0.2) is 40.4 Å². The lowest BCUT2D eigenvalue weighted by atomic mass is 10.2. The number of furan rings is 1. The van der Waals surface area contributed by atoms with Crippen molar-refractivity contribution in [3.63, 3.8) is 0 Å². The minimum absolute atomic E-state index is 0.455. The second-order valence-electron chi connectivity index (χ2n) is 4.96. The summed E-state index contributed by atoms with van der Waals surface area (Å²) in [7, 11) is 0. The number of hydrogen-bond donors (Lipinski definition) is 1. The molecule has 120 valence electrons. The molecule has 23 heavy (non-hydrogen) atoms. The number of aromatic amines is 1. The van der Waals surface area contributed by atoms with E-state index >= 15 is 0 Å². The molecule has 0 bridgehead atoms. The molecule has 1 N–H and O–H groups in total. The second kappa shape index (κ2) is 7.55. The average Bonchev–Trinajstić information content (AvgIpc) is 3.26. The normalized spacial score (nSPS) is 10.8. The maximum absolute atomic E-state index is 5.82. The van der Waals surface area contributed by atoms with Gasteiger partial charge in [-0.05, 0) is 36.4 Å². The van der Waals surface area contributed by atoms with Gasteiger partial charge >= 0.3 is 0 Å². The number of benzene rings is 1. The second-order valence-corrected chi connectivity index (χ2v) is 4.96. The number of para-hydroxylation sites is 1. The Morgan fingerprint density at radius 1 is 1.17 bits per heavy atom. The predicted octanol–water partition coefficient (Wildman–Crippen LogP) is 2.50. The van der Waals surface area contributed by atoms with E-state index < -0.39 is 0 Å². The van der Waals surface area contributed by atoms with Gasteiger partial charge in [-0.1, -0.05) is 18.2 Å². The van der Waals surface area contributed by atoms with Crippen LogP contribution in [0.4, 0.5) is 5.69 Å². The van der Waals surface area contributed by atoms with Crippen molar-refractivity contribution in [3.8, 4) is 11.6 Å². The standard InChI is InChI=1S/C16H19N5O2/c1-2-22-11-10-21(13-6-4-3-5-7-13)12-14-8-9-15(23-14)16-17-19-20-18-16/h3-9H,2,10-12H2,1H3,(H,17,18,19,20). The van der Waals surface area contributed by atoms with Gasteiger partial charge in [-0.3, -0.25) is 0 Å². The summed E-state index contributed by atoms with van der Waals surface area (Å²) >= 11 is 0. The number of ether oxygens (including phenoxy) is 1. The molecule has 0 unspecified atom stereocenters. The first kappa shape index (κ1) is 15.2. The van der Waals surface area contributed by atoms with Crippen molar-refractivity contribution >= 4 is 5.69 Å². The predicted molar refractivity (Wildman–Crippen MR) is 85.9 cm³/mol. The molecule has 7 nitrogen and oxygen atoms in total. The highest BCUT2D eigenvalue weighted by Crippen LogP contribution is 2.21. The van der Waals surface area contributed by atoms with Crippen LogP contribution in [0.5, 0.6) is 0 Å². The summed E-state index contributed by atoms with van der Waals surface area (Å²) in [5, 5.41) is 13.8. The Morgan fingerprint density at radius 2 is 2.04 bits per heavy atom. The number of nitrogens with zero attached hydrogens (tertiary/aromatic N) is 4. The minimum atomic E-state index is 0.455. The molecule has 0 saturated carbocycles. The fraction of sp³-hybridized carbons (Fsp3) is 0.312. The quantitative estimate of drug-likeness (QED) is 0.644. The lowest BCUT2D eigenvalue weighted by molar-refractivity contribution is 0.153. The summed E-state index contributed by atoms with van der Waals surface area (Å²) in [6.07, 6.45) is 0. The molecule has 3 rings (SSSR count). The van der Waals surface area contributed by atoms with Gasteiger partial charge in [0.2, 0.25) is 5.82 Å². The summed E-state index contributed by atoms with van der Waals surface area (Å²) < 4.78 is 11.3. The molecule has 0 radical (unpaired) electrons. The fourth-order valence-corrected chi connectivity index (χ4v) is 2.29. The first-order valence-electron chi connectivity index (χ1n) is 7.57. The largest absolute Gasteiger partial charge is 0.456 e. The highest BCUT2D eigenvalue weighted by molar-refractivity contribution is 5.48. The summed E-state index contributed by atoms with van der Waals surface area (Å²) in [6, 6.07) is 14.0. The van der Waals surface area contributed by atoms with E-state index in [2.05, 4.69) is 37.7 Å². The molecule has 2 aromatic heterocycles. The molecule has 0 fully saturated rings. The number of H-pyrrole nitrogens is 1. The summed E-state index contributed by atoms with van der Waals surface area (Å²) in [5.74, 6) is 1.90. The van der Waals surface area contributed by atoms with Crippen LogP contribution in [-0.2, 0) is 11.3 Å². The van der Waals surface area contributed by atoms with Gasteiger partial charge in [0.25, 0.3) is 0 Å². The minimum Gasteiger partial charge on any atom is -0.456 e. The molecule has 0 spiro atoms. The van der Waals surface area contributed by atoms with E-state index in [-0.39, 0.29) is 0 Å². The Hall–Kier alpha value is -2.67. The first-order valence-corrected chi connectivity index (χ1v) is 7.57. The van der Waals surface area contributed by atoms with Gasteiger partial charge in [0.15, 0.2) is 5.76 Å². The third-order valence-corrected chi connectivity index (χ3v) is 3.41. The van der Waals surface area contributed by atoms with Crippen molar-refractivity contribution in [1.29, 1.82) is 0 Å². The average molecular weight is 313 g/mol. The third kappa shape index (κ3) is 3.95. The van der Waals surface area contributed by atoms with E-state index in [1.165, 1.54) is 0 Å². The zero-order chi connectivity index (χ0) is 15.9. The lowest BCUT2D eigenvalue weighted by Crippen LogP contribution is -2.26. The maximum atomic E-state index is 5.82. The summed E-state index contributed by atoms with van der Waals surface area (Å²) in [6.45, 7) is 4.82. The molecule has 0 aliphatic carbocycles. The van der Waals surface area contributed by atoms with Crippen LogP contribution in [0.2, 0.25) is 0 Å². The van der Waals surface area contributed by atoms with Gasteiger partial charge in [0.05, 0.1) is 13.2 Å². The van der Waals surface area contributed by atoms with Crippen molar-refractivity contribution < 1.29 is 9.15 Å². The lowest BCUT2D eigenvalue weighted by Gasteiger charge is -2.23. The van der Waals surface area contributed by atoms with Crippen LogP contribution in [0.25, 0.3) is 11.6 Å². The Kier molecular flexibility index (Phi) is 5.00. The maximum Gasteiger partial charge on any atom is 0.239 e. The highest BCUT2D eigenvalue weighted by atomic mass is 16.5. The van der Waals surface area contributed by atoms with Crippen LogP contribution in [0.1, 0.15) is 12.7 Å². The van der Waals surface area contributed by atoms with Crippen molar-refractivity contribution in [2.75, 3.05) is 24.7 Å². The monoisotopic (exact) mass is 313 g/mol. The smallest absolute Gasteiger partial charge is 0.239 e. The number of rotatable bonds is 8. The van der Waals surface area contributed by atoms with E-state index in [0.29, 0.717) is 31.3 Å². The molecular formula is C16H19N5O2. The van der Waals surface area contributed by atoms with E-state index in [0.717, 1.165) is 18.0 Å². The molecule has 0 aliphatic rings. The first-order chi connectivity index (χ1) is 11.4. The third-order valence-electron chi connectivity index (χ3n) is 3.41. The van der Waals surface area contributed by atoms with Gasteiger partial charge in [-0.15, -0.1) is 10.2 Å². The van der Waals surface area contributed by atoms with Gasteiger partial charge in [0, 0.05) is 18.8 Å². The number of anilines is 1. The van der Waals surface area contributed by atoms with Crippen molar-refractivity contribution in [2.45, 2.75) is 13.5 Å². The van der Waals surface area contributed by atoms with E-state index in [4.69, 9.17) is 9.15 Å². The van der Waals surface area contributed by atoms with Gasteiger partial charge in [-0.25, -0.2) is 0 Å². The van der Waals surface area contributed by atoms with Crippen molar-refractivity contribution in [3.05, 3.63) is 48.2 Å². The SMILES string of the molecule is CCOCCN(Cc1ccc(-c2nn[nH]n2)o1)c1ccccc1. The number of hydrogen-bond acceptors (Lipinski definition) is 6. The summed E-state index contributed by atoms with van der Waals surface area (Å²) in [5.41, 5.74) is 1.13. The molecule has 0 aliphatic heterocycles. The van der Waals surface area contributed by atoms with Gasteiger partial charge in [-0.2, -0.15) is 5.21 Å². The molecule has 2 heterocycles. The molecule has 0 amide bonds. The topological polar surface area (TPSA) is 80.1 Å². The van der Waals surface area contributed by atoms with Gasteiger partial charge < -0.3 is 14.1 Å². The fourth-order valence-electron chi connectivity index (χ4n) is 2.29. The van der Waals surface area contributed by atoms with Crippen LogP contribution < -0.4 is 4.90 Å². The molecule has 0 atom stereocenters. The van der Waals surface area contributed by atoms with Crippen molar-refractivity contribution in [1.82, 2.24) is 20.6 Å². The molecule has 1 aromatic carbocycles. The van der Waals surface area contributed by atoms with Crippen LogP contribution in [0, 0.1) is 0 Å².